The van der Waals surface area contributed by atoms with Crippen LogP contribution in [0.5, 0.6) is 0 Å². The van der Waals surface area contributed by atoms with Gasteiger partial charge < -0.3 is 10.5 Å². The molecule has 1 unspecified atom stereocenters. The van der Waals surface area contributed by atoms with Gasteiger partial charge in [-0.25, -0.2) is 8.78 Å². The lowest BCUT2D eigenvalue weighted by Gasteiger charge is -2.46. The average molecular weight is 227 g/mol. The summed E-state index contributed by atoms with van der Waals surface area (Å²) in [5, 5.41) is 0. The van der Waals surface area contributed by atoms with Gasteiger partial charge in [0, 0.05) is 11.5 Å². The molecule has 0 aromatic heterocycles. The lowest BCUT2D eigenvalue weighted by molar-refractivity contribution is -0.0870. The van der Waals surface area contributed by atoms with Crippen LogP contribution in [0, 0.1) is 17.6 Å². The molecule has 16 heavy (non-hydrogen) atoms. The molecule has 88 valence electrons. The summed E-state index contributed by atoms with van der Waals surface area (Å²) in [6.45, 7) is 3.33. The summed E-state index contributed by atoms with van der Waals surface area (Å²) < 4.78 is 31.8. The lowest BCUT2D eigenvalue weighted by Crippen LogP contribution is -2.54. The average Bonchev–Trinajstić information content (AvgIpc) is 2.19. The molecule has 0 amide bonds. The third-order valence-corrected chi connectivity index (χ3v) is 3.48. The first kappa shape index (κ1) is 11.5. The molecule has 4 heteroatoms. The van der Waals surface area contributed by atoms with E-state index >= 15 is 0 Å². The largest absolute Gasteiger partial charge is 0.379 e. The first-order valence-corrected chi connectivity index (χ1v) is 5.33. The molecular formula is C12H15F2NO. The van der Waals surface area contributed by atoms with Crippen molar-refractivity contribution in [2.45, 2.75) is 12.3 Å². The highest BCUT2D eigenvalue weighted by atomic mass is 19.1. The Morgan fingerprint density at radius 3 is 2.56 bits per heavy atom. The molecule has 0 radical (unpaired) electrons. The van der Waals surface area contributed by atoms with Crippen molar-refractivity contribution in [3.63, 3.8) is 0 Å². The number of hydrogen-bond acceptors (Lipinski definition) is 2. The summed E-state index contributed by atoms with van der Waals surface area (Å²) >= 11 is 0. The third-order valence-electron chi connectivity index (χ3n) is 3.48. The van der Waals surface area contributed by atoms with Crippen LogP contribution in [0.1, 0.15) is 12.5 Å². The Morgan fingerprint density at radius 2 is 2.12 bits per heavy atom. The van der Waals surface area contributed by atoms with Crippen molar-refractivity contribution in [3.8, 4) is 0 Å². The van der Waals surface area contributed by atoms with Crippen LogP contribution in [-0.4, -0.2) is 19.8 Å². The first-order valence-electron chi connectivity index (χ1n) is 5.33. The zero-order valence-electron chi connectivity index (χ0n) is 9.17. The molecule has 1 atom stereocenters. The first-order chi connectivity index (χ1) is 7.60. The second-order valence-corrected chi connectivity index (χ2v) is 4.41. The lowest BCUT2D eigenvalue weighted by atomic mass is 9.69. The topological polar surface area (TPSA) is 35.2 Å². The summed E-state index contributed by atoms with van der Waals surface area (Å²) in [6, 6.07) is 3.69. The molecule has 1 heterocycles. The zero-order valence-corrected chi connectivity index (χ0v) is 9.17. The second kappa shape index (κ2) is 4.11. The van der Waals surface area contributed by atoms with Gasteiger partial charge in [0.2, 0.25) is 0 Å². The summed E-state index contributed by atoms with van der Waals surface area (Å²) in [4.78, 5) is 0. The molecule has 0 bridgehead atoms. The molecule has 1 saturated heterocycles. The monoisotopic (exact) mass is 227 g/mol. The van der Waals surface area contributed by atoms with Crippen LogP contribution in [0.3, 0.4) is 0 Å². The predicted octanol–water partition coefficient (Wildman–Crippen LogP) is 1.83. The summed E-state index contributed by atoms with van der Waals surface area (Å²) in [5.41, 5.74) is 5.76. The molecule has 0 spiro atoms. The van der Waals surface area contributed by atoms with Crippen molar-refractivity contribution in [3.05, 3.63) is 35.4 Å². The van der Waals surface area contributed by atoms with Crippen LogP contribution in [0.25, 0.3) is 0 Å². The number of hydrogen-bond donors (Lipinski definition) is 1. The van der Waals surface area contributed by atoms with E-state index in [1.54, 1.807) is 0 Å². The quantitative estimate of drug-likeness (QED) is 0.855. The minimum atomic E-state index is -0.558. The molecule has 1 aliphatic rings. The van der Waals surface area contributed by atoms with Crippen molar-refractivity contribution >= 4 is 0 Å². The maximum Gasteiger partial charge on any atom is 0.130 e. The number of nitrogens with two attached hydrogens (primary N) is 1. The molecule has 1 aromatic carbocycles. The van der Waals surface area contributed by atoms with Crippen LogP contribution < -0.4 is 5.73 Å². The van der Waals surface area contributed by atoms with Crippen LogP contribution >= 0.6 is 0 Å². The molecule has 2 rings (SSSR count). The van der Waals surface area contributed by atoms with Gasteiger partial charge in [0.25, 0.3) is 0 Å². The third kappa shape index (κ3) is 1.62. The molecule has 1 aromatic rings. The smallest absolute Gasteiger partial charge is 0.130 e. The Kier molecular flexibility index (Phi) is 2.95. The van der Waals surface area contributed by atoms with Crippen LogP contribution in [0.4, 0.5) is 8.78 Å². The van der Waals surface area contributed by atoms with E-state index < -0.39 is 11.6 Å². The Morgan fingerprint density at radius 1 is 1.44 bits per heavy atom. The molecule has 1 aliphatic heterocycles. The fourth-order valence-corrected chi connectivity index (χ4v) is 2.15. The minimum Gasteiger partial charge on any atom is -0.379 e. The van der Waals surface area contributed by atoms with Crippen molar-refractivity contribution in [1.29, 1.82) is 0 Å². The maximum atomic E-state index is 13.7. The molecular weight excluding hydrogens is 212 g/mol. The van der Waals surface area contributed by atoms with Crippen molar-refractivity contribution in [2.75, 3.05) is 19.8 Å². The van der Waals surface area contributed by atoms with Gasteiger partial charge in [-0.3, -0.25) is 0 Å². The molecule has 2 nitrogen and oxygen atoms in total. The van der Waals surface area contributed by atoms with Crippen molar-refractivity contribution in [1.82, 2.24) is 0 Å². The normalized spacial score (nSPS) is 20.2. The summed E-state index contributed by atoms with van der Waals surface area (Å²) in [7, 11) is 0. The Balaban J connectivity index is 2.40. The van der Waals surface area contributed by atoms with Crippen molar-refractivity contribution < 1.29 is 13.5 Å². The van der Waals surface area contributed by atoms with Crippen LogP contribution in [0.15, 0.2) is 18.2 Å². The van der Waals surface area contributed by atoms with E-state index in [0.29, 0.717) is 25.3 Å². The Bertz CT molecular complexity index is 391. The number of ether oxygens (including phenoxy) is 1. The second-order valence-electron chi connectivity index (χ2n) is 4.41. The van der Waals surface area contributed by atoms with Gasteiger partial charge in [-0.15, -0.1) is 0 Å². The van der Waals surface area contributed by atoms with Gasteiger partial charge in [-0.05, 0) is 24.1 Å². The minimum absolute atomic E-state index is 0.112. The summed E-state index contributed by atoms with van der Waals surface area (Å²) in [5.74, 6) is -0.957. The highest BCUT2D eigenvalue weighted by Crippen LogP contribution is 2.40. The molecule has 0 aliphatic carbocycles. The zero-order chi connectivity index (χ0) is 11.8. The van der Waals surface area contributed by atoms with Gasteiger partial charge >= 0.3 is 0 Å². The highest BCUT2D eigenvalue weighted by Gasteiger charge is 2.46. The highest BCUT2D eigenvalue weighted by molar-refractivity contribution is 5.31. The molecule has 1 fully saturated rings. The maximum absolute atomic E-state index is 13.7. The van der Waals surface area contributed by atoms with E-state index in [-0.39, 0.29) is 11.3 Å². The molecule has 0 saturated carbocycles. The van der Waals surface area contributed by atoms with Gasteiger partial charge in [-0.2, -0.15) is 0 Å². The Hall–Kier alpha value is -1.00. The summed E-state index contributed by atoms with van der Waals surface area (Å²) in [6.07, 6.45) is 0. The predicted molar refractivity (Wildman–Crippen MR) is 57.1 cm³/mol. The van der Waals surface area contributed by atoms with Gasteiger partial charge in [0.15, 0.2) is 0 Å². The van der Waals surface area contributed by atoms with Crippen molar-refractivity contribution in [2.24, 2.45) is 11.7 Å². The van der Waals surface area contributed by atoms with Gasteiger partial charge in [0.1, 0.15) is 11.6 Å². The van der Waals surface area contributed by atoms with Gasteiger partial charge in [-0.1, -0.05) is 13.0 Å². The number of rotatable bonds is 3. The van der Waals surface area contributed by atoms with Crippen LogP contribution in [0.2, 0.25) is 0 Å². The van der Waals surface area contributed by atoms with E-state index in [2.05, 4.69) is 0 Å². The van der Waals surface area contributed by atoms with E-state index in [0.717, 1.165) is 6.07 Å². The fourth-order valence-electron chi connectivity index (χ4n) is 2.15. The Labute approximate surface area is 93.4 Å². The fraction of sp³-hybridized carbons (Fsp3) is 0.500. The SMILES string of the molecule is CC(CN)C1(c2ccc(F)cc2F)COC1. The number of benzene rings is 1. The van der Waals surface area contributed by atoms with E-state index in [9.17, 15) is 8.78 Å². The number of halogens is 2. The van der Waals surface area contributed by atoms with E-state index in [1.807, 2.05) is 6.92 Å². The van der Waals surface area contributed by atoms with E-state index in [4.69, 9.17) is 10.5 Å². The molecule has 2 N–H and O–H groups in total. The van der Waals surface area contributed by atoms with E-state index in [1.165, 1.54) is 12.1 Å². The van der Waals surface area contributed by atoms with Gasteiger partial charge in [0.05, 0.1) is 13.2 Å². The van der Waals surface area contributed by atoms with Crippen LogP contribution in [-0.2, 0) is 10.2 Å². The standard InChI is InChI=1S/C12H15F2NO/c1-8(5-15)12(6-16-7-12)10-3-2-9(13)4-11(10)14/h2-4,8H,5-7,15H2,1H3.